The average Bonchev–Trinajstić information content (AvgIpc) is 2.56. The van der Waals surface area contributed by atoms with Gasteiger partial charge in [0.25, 0.3) is 5.91 Å². The second-order valence-electron chi connectivity index (χ2n) is 6.51. The van der Waals surface area contributed by atoms with E-state index in [4.69, 9.17) is 10.5 Å². The number of amides is 1. The Labute approximate surface area is 141 Å². The predicted molar refractivity (Wildman–Crippen MR) is 89.9 cm³/mol. The molecule has 1 unspecified atom stereocenters. The summed E-state index contributed by atoms with van der Waals surface area (Å²) in [4.78, 5) is 20.3. The highest BCUT2D eigenvalue weighted by molar-refractivity contribution is 5.97. The molecule has 132 valence electrons. The van der Waals surface area contributed by atoms with Crippen molar-refractivity contribution in [3.63, 3.8) is 0 Å². The van der Waals surface area contributed by atoms with Crippen molar-refractivity contribution in [3.8, 4) is 0 Å². The van der Waals surface area contributed by atoms with Crippen LogP contribution < -0.4 is 16.4 Å². The van der Waals surface area contributed by atoms with Crippen LogP contribution >= 0.6 is 0 Å². The van der Waals surface area contributed by atoms with Crippen LogP contribution in [-0.2, 0) is 4.74 Å². The normalized spacial score (nSPS) is 25.2. The van der Waals surface area contributed by atoms with E-state index in [0.29, 0.717) is 18.2 Å². The van der Waals surface area contributed by atoms with Gasteiger partial charge in [0, 0.05) is 31.5 Å². The molecule has 2 fully saturated rings. The minimum atomic E-state index is -0.563. The summed E-state index contributed by atoms with van der Waals surface area (Å²) in [6, 6.07) is 0.347. The molecule has 1 aliphatic heterocycles. The van der Waals surface area contributed by atoms with E-state index >= 15 is 0 Å². The van der Waals surface area contributed by atoms with Crippen LogP contribution in [0.25, 0.3) is 0 Å². The molecule has 1 aromatic rings. The molecule has 2 aliphatic rings. The molecule has 2 atom stereocenters. The monoisotopic (exact) mass is 335 g/mol. The highest BCUT2D eigenvalue weighted by Gasteiger charge is 2.23. The predicted octanol–water partition coefficient (Wildman–Crippen LogP) is 0.882. The van der Waals surface area contributed by atoms with Gasteiger partial charge in [0.05, 0.1) is 11.7 Å². The number of primary amides is 1. The first-order valence-corrected chi connectivity index (χ1v) is 8.57. The maximum atomic E-state index is 11.6. The molecule has 0 radical (unpaired) electrons. The number of carbonyl (C=O) groups excluding carboxylic acids is 1. The maximum Gasteiger partial charge on any atom is 0.254 e. The van der Waals surface area contributed by atoms with Crippen molar-refractivity contribution in [2.24, 2.45) is 5.73 Å². The number of nitrogens with two attached hydrogens (primary N) is 1. The summed E-state index contributed by atoms with van der Waals surface area (Å²) in [5, 5.41) is 16.4. The Kier molecular flexibility index (Phi) is 5.47. The zero-order chi connectivity index (χ0) is 16.9. The van der Waals surface area contributed by atoms with E-state index in [-0.39, 0.29) is 23.8 Å². The number of hydrogen-bond donors (Lipinski definition) is 4. The summed E-state index contributed by atoms with van der Waals surface area (Å²) < 4.78 is 5.34. The number of aliphatic hydroxyl groups excluding tert-OH is 1. The van der Waals surface area contributed by atoms with E-state index in [0.717, 1.165) is 45.3 Å². The van der Waals surface area contributed by atoms with Gasteiger partial charge in [-0.3, -0.25) is 4.79 Å². The van der Waals surface area contributed by atoms with Crippen molar-refractivity contribution in [1.82, 2.24) is 9.97 Å². The van der Waals surface area contributed by atoms with Gasteiger partial charge in [-0.2, -0.15) is 4.98 Å². The summed E-state index contributed by atoms with van der Waals surface area (Å²) in [5.41, 5.74) is 5.71. The van der Waals surface area contributed by atoms with Crippen LogP contribution in [0.2, 0.25) is 0 Å². The Balaban J connectivity index is 1.73. The molecule has 3 rings (SSSR count). The minimum absolute atomic E-state index is 0.0812. The molecule has 0 spiro atoms. The maximum absolute atomic E-state index is 11.6. The Morgan fingerprint density at radius 1 is 1.21 bits per heavy atom. The molecule has 1 aliphatic carbocycles. The molecule has 8 nitrogen and oxygen atoms in total. The van der Waals surface area contributed by atoms with Crippen molar-refractivity contribution in [1.29, 1.82) is 0 Å². The smallest absolute Gasteiger partial charge is 0.254 e. The number of nitrogens with zero attached hydrogens (tertiary/aromatic N) is 2. The second kappa shape index (κ2) is 7.76. The third-order valence-electron chi connectivity index (χ3n) is 4.60. The molecule has 8 heteroatoms. The molecule has 1 amide bonds. The quantitative estimate of drug-likeness (QED) is 0.630. The topological polar surface area (TPSA) is 122 Å². The SMILES string of the molecule is NC(=O)c1cnc(NC2CCOCC2)nc1NC1CCC[C@H](O)C1. The first-order chi connectivity index (χ1) is 11.6. The molecule has 0 aromatic carbocycles. The standard InChI is InChI=1S/C16H25N5O3/c17-14(23)13-9-18-16(20-10-4-6-24-7-5-10)21-15(13)19-11-2-1-3-12(22)8-11/h9-12,22H,1-8H2,(H2,17,23)(H2,18,19,20,21)/t11?,12-/m0/s1. The lowest BCUT2D eigenvalue weighted by molar-refractivity contribution is 0.0903. The van der Waals surface area contributed by atoms with Crippen LogP contribution in [-0.4, -0.2) is 52.4 Å². The summed E-state index contributed by atoms with van der Waals surface area (Å²) in [7, 11) is 0. The molecule has 1 saturated heterocycles. The largest absolute Gasteiger partial charge is 0.393 e. The number of aromatic nitrogens is 2. The zero-order valence-corrected chi connectivity index (χ0v) is 13.7. The molecule has 1 saturated carbocycles. The van der Waals surface area contributed by atoms with E-state index in [9.17, 15) is 9.90 Å². The van der Waals surface area contributed by atoms with Crippen molar-refractivity contribution in [2.75, 3.05) is 23.8 Å². The van der Waals surface area contributed by atoms with Gasteiger partial charge in [0.15, 0.2) is 0 Å². The number of ether oxygens (including phenoxy) is 1. The van der Waals surface area contributed by atoms with E-state index in [1.165, 1.54) is 6.20 Å². The van der Waals surface area contributed by atoms with Crippen molar-refractivity contribution >= 4 is 17.7 Å². The molecule has 0 bridgehead atoms. The van der Waals surface area contributed by atoms with Crippen molar-refractivity contribution in [2.45, 2.75) is 56.7 Å². The number of anilines is 2. The lowest BCUT2D eigenvalue weighted by Gasteiger charge is -2.28. The average molecular weight is 335 g/mol. The summed E-state index contributed by atoms with van der Waals surface area (Å²) in [6.45, 7) is 1.45. The van der Waals surface area contributed by atoms with Gasteiger partial charge in [0.2, 0.25) is 5.95 Å². The zero-order valence-electron chi connectivity index (χ0n) is 13.7. The van der Waals surface area contributed by atoms with Crippen LogP contribution in [0.5, 0.6) is 0 Å². The Hall–Kier alpha value is -1.93. The Bertz CT molecular complexity index is 577. The van der Waals surface area contributed by atoms with Gasteiger partial charge in [-0.1, -0.05) is 0 Å². The lowest BCUT2D eigenvalue weighted by Crippen LogP contribution is -2.32. The number of hydrogen-bond acceptors (Lipinski definition) is 7. The third kappa shape index (κ3) is 4.33. The Morgan fingerprint density at radius 3 is 2.71 bits per heavy atom. The van der Waals surface area contributed by atoms with Crippen LogP contribution in [0, 0.1) is 0 Å². The Morgan fingerprint density at radius 2 is 2.00 bits per heavy atom. The summed E-state index contributed by atoms with van der Waals surface area (Å²) in [6.07, 6.45) is 6.29. The molecule has 24 heavy (non-hydrogen) atoms. The van der Waals surface area contributed by atoms with Gasteiger partial charge in [-0.25, -0.2) is 4.98 Å². The third-order valence-corrected chi connectivity index (χ3v) is 4.60. The summed E-state index contributed by atoms with van der Waals surface area (Å²) >= 11 is 0. The van der Waals surface area contributed by atoms with E-state index in [1.807, 2.05) is 0 Å². The second-order valence-corrected chi connectivity index (χ2v) is 6.51. The van der Waals surface area contributed by atoms with Crippen molar-refractivity contribution in [3.05, 3.63) is 11.8 Å². The van der Waals surface area contributed by atoms with Crippen LogP contribution in [0.3, 0.4) is 0 Å². The fraction of sp³-hybridized carbons (Fsp3) is 0.688. The first-order valence-electron chi connectivity index (χ1n) is 8.57. The first kappa shape index (κ1) is 16.9. The number of nitrogens with one attached hydrogen (secondary N) is 2. The van der Waals surface area contributed by atoms with Crippen LogP contribution in [0.15, 0.2) is 6.20 Å². The molecule has 5 N–H and O–H groups in total. The van der Waals surface area contributed by atoms with Gasteiger partial charge >= 0.3 is 0 Å². The molecule has 2 heterocycles. The van der Waals surface area contributed by atoms with Gasteiger partial charge < -0.3 is 26.2 Å². The highest BCUT2D eigenvalue weighted by Crippen LogP contribution is 2.24. The number of rotatable bonds is 5. The van der Waals surface area contributed by atoms with Gasteiger partial charge in [-0.05, 0) is 38.5 Å². The van der Waals surface area contributed by atoms with Crippen molar-refractivity contribution < 1.29 is 14.6 Å². The molecular weight excluding hydrogens is 310 g/mol. The van der Waals surface area contributed by atoms with E-state index in [1.54, 1.807) is 0 Å². The summed E-state index contributed by atoms with van der Waals surface area (Å²) in [5.74, 6) is 0.350. The highest BCUT2D eigenvalue weighted by atomic mass is 16.5. The fourth-order valence-electron chi connectivity index (χ4n) is 3.25. The number of aliphatic hydroxyl groups is 1. The number of carbonyl (C=O) groups is 1. The van der Waals surface area contributed by atoms with Gasteiger partial charge in [0.1, 0.15) is 5.82 Å². The fourth-order valence-corrected chi connectivity index (χ4v) is 3.25. The van der Waals surface area contributed by atoms with Crippen LogP contribution in [0.4, 0.5) is 11.8 Å². The lowest BCUT2D eigenvalue weighted by atomic mass is 9.93. The van der Waals surface area contributed by atoms with Crippen LogP contribution in [0.1, 0.15) is 48.9 Å². The van der Waals surface area contributed by atoms with E-state index in [2.05, 4.69) is 20.6 Å². The minimum Gasteiger partial charge on any atom is -0.393 e. The van der Waals surface area contributed by atoms with Gasteiger partial charge in [-0.15, -0.1) is 0 Å². The molecular formula is C16H25N5O3. The van der Waals surface area contributed by atoms with E-state index < -0.39 is 5.91 Å². The molecule has 1 aromatic heterocycles.